The molecule has 3 nitrogen and oxygen atoms in total. The summed E-state index contributed by atoms with van der Waals surface area (Å²) in [5.74, 6) is 1.70. The molecule has 278 valence electrons. The molecular weight excluding hydrogens is 715 g/mol. The van der Waals surface area contributed by atoms with Crippen molar-refractivity contribution in [1.82, 2.24) is 15.0 Å². The van der Waals surface area contributed by atoms with E-state index < -0.39 is 0 Å². The van der Waals surface area contributed by atoms with Crippen LogP contribution in [0.5, 0.6) is 0 Å². The van der Waals surface area contributed by atoms with Crippen LogP contribution in [-0.2, 0) is 0 Å². The summed E-state index contributed by atoms with van der Waals surface area (Å²) >= 11 is 0. The second kappa shape index (κ2) is 15.3. The van der Waals surface area contributed by atoms with Crippen LogP contribution in [0.3, 0.4) is 0 Å². The molecule has 0 aliphatic carbocycles. The van der Waals surface area contributed by atoms with Gasteiger partial charge in [0.25, 0.3) is 0 Å². The summed E-state index contributed by atoms with van der Waals surface area (Å²) in [6.45, 7) is 6.54. The largest absolute Gasteiger partial charge is 0.208 e. The van der Waals surface area contributed by atoms with E-state index in [0.717, 1.165) is 44.5 Å². The van der Waals surface area contributed by atoms with Gasteiger partial charge in [0.15, 0.2) is 17.5 Å². The number of aromatic nitrogens is 3. The van der Waals surface area contributed by atoms with Gasteiger partial charge in [-0.1, -0.05) is 207 Å². The maximum atomic E-state index is 5.24. The molecule has 0 atom stereocenters. The molecule has 10 aromatic rings. The van der Waals surface area contributed by atoms with Crippen molar-refractivity contribution in [3.63, 3.8) is 0 Å². The lowest BCUT2D eigenvalue weighted by Gasteiger charge is -2.18. The van der Waals surface area contributed by atoms with Crippen molar-refractivity contribution in [3.8, 4) is 45.0 Å². The number of allylic oxidation sites excluding steroid dienone is 5. The Balaban J connectivity index is 1.17. The molecule has 3 heteroatoms. The molecule has 0 spiro atoms. The Kier molecular flexibility index (Phi) is 9.25. The van der Waals surface area contributed by atoms with Crippen molar-refractivity contribution in [1.29, 1.82) is 0 Å². The first-order chi connectivity index (χ1) is 29.1. The summed E-state index contributed by atoms with van der Waals surface area (Å²) in [4.78, 5) is 15.5. The highest BCUT2D eigenvalue weighted by Crippen LogP contribution is 2.44. The van der Waals surface area contributed by atoms with Crippen molar-refractivity contribution in [2.45, 2.75) is 6.92 Å². The van der Waals surface area contributed by atoms with E-state index in [0.29, 0.717) is 23.0 Å². The van der Waals surface area contributed by atoms with E-state index in [1.165, 1.54) is 43.1 Å². The van der Waals surface area contributed by atoms with E-state index in [1.54, 1.807) is 0 Å². The number of nitrogens with zero attached hydrogens (tertiary/aromatic N) is 3. The molecule has 0 saturated carbocycles. The predicted molar refractivity (Wildman–Crippen MR) is 250 cm³/mol. The Morgan fingerprint density at radius 2 is 0.898 bits per heavy atom. The third kappa shape index (κ3) is 6.59. The van der Waals surface area contributed by atoms with Crippen molar-refractivity contribution >= 4 is 54.2 Å². The zero-order valence-electron chi connectivity index (χ0n) is 32.7. The molecular formula is C56H39N3. The van der Waals surface area contributed by atoms with Crippen LogP contribution in [0.15, 0.2) is 213 Å². The Bertz CT molecular complexity index is 3270. The van der Waals surface area contributed by atoms with Crippen molar-refractivity contribution in [2.24, 2.45) is 0 Å². The maximum absolute atomic E-state index is 5.24. The van der Waals surface area contributed by atoms with Crippen LogP contribution in [-0.4, -0.2) is 15.0 Å². The lowest BCUT2D eigenvalue weighted by molar-refractivity contribution is 1.04. The van der Waals surface area contributed by atoms with E-state index >= 15 is 0 Å². The first-order valence-electron chi connectivity index (χ1n) is 20.0. The average molecular weight is 754 g/mol. The Hall–Kier alpha value is -7.75. The number of hydrogen-bond donors (Lipinski definition) is 0. The molecule has 0 bridgehead atoms. The number of benzene rings is 9. The highest BCUT2D eigenvalue weighted by molar-refractivity contribution is 6.33. The van der Waals surface area contributed by atoms with Gasteiger partial charge in [-0.15, -0.1) is 0 Å². The van der Waals surface area contributed by atoms with Crippen molar-refractivity contribution in [2.75, 3.05) is 0 Å². The molecule has 1 aromatic heterocycles. The molecule has 1 heterocycles. The van der Waals surface area contributed by atoms with Gasteiger partial charge in [0.1, 0.15) is 0 Å². The van der Waals surface area contributed by atoms with E-state index in [1.807, 2.05) is 25.1 Å². The van der Waals surface area contributed by atoms with Gasteiger partial charge in [-0.25, -0.2) is 15.0 Å². The lowest BCUT2D eigenvalue weighted by Crippen LogP contribution is -2.03. The SMILES string of the molecule is C=C(/C=C\C(=C/C)c1ccccc1)c1nc(-c2ccc(-c3ccccc3)cc2)nc(-c2ccccc2-c2cc3c4ccccc4c4ccccc4c3c3ccccc23)n1. The summed E-state index contributed by atoms with van der Waals surface area (Å²) in [7, 11) is 0. The minimum Gasteiger partial charge on any atom is -0.208 e. The fraction of sp³-hybridized carbons (Fsp3) is 0.0179. The molecule has 0 aliphatic heterocycles. The third-order valence-corrected chi connectivity index (χ3v) is 11.3. The fourth-order valence-corrected chi connectivity index (χ4v) is 8.37. The van der Waals surface area contributed by atoms with Crippen molar-refractivity contribution < 1.29 is 0 Å². The topological polar surface area (TPSA) is 38.7 Å². The predicted octanol–water partition coefficient (Wildman–Crippen LogP) is 14.8. The van der Waals surface area contributed by atoms with Gasteiger partial charge >= 0.3 is 0 Å². The molecule has 9 aromatic carbocycles. The maximum Gasteiger partial charge on any atom is 0.164 e. The first-order valence-corrected chi connectivity index (χ1v) is 20.0. The average Bonchev–Trinajstić information content (AvgIpc) is 3.32. The minimum absolute atomic E-state index is 0.521. The normalized spacial score (nSPS) is 11.9. The first kappa shape index (κ1) is 35.6. The zero-order chi connectivity index (χ0) is 39.7. The highest BCUT2D eigenvalue weighted by atomic mass is 15.0. The molecule has 0 N–H and O–H groups in total. The third-order valence-electron chi connectivity index (χ3n) is 11.3. The molecule has 0 unspecified atom stereocenters. The lowest BCUT2D eigenvalue weighted by atomic mass is 9.86. The molecule has 59 heavy (non-hydrogen) atoms. The quantitative estimate of drug-likeness (QED) is 0.115. The summed E-state index contributed by atoms with van der Waals surface area (Å²) in [5.41, 5.74) is 9.19. The number of rotatable bonds is 8. The van der Waals surface area contributed by atoms with Crippen LogP contribution in [0.4, 0.5) is 0 Å². The summed E-state index contributed by atoms with van der Waals surface area (Å²) in [6.07, 6.45) is 6.19. The number of hydrogen-bond acceptors (Lipinski definition) is 3. The number of fused-ring (bicyclic) bond motifs is 8. The Labute approximate surface area is 344 Å². The Morgan fingerprint density at radius 1 is 0.407 bits per heavy atom. The van der Waals surface area contributed by atoms with Gasteiger partial charge in [0, 0.05) is 16.7 Å². The van der Waals surface area contributed by atoms with E-state index in [2.05, 4.69) is 195 Å². The van der Waals surface area contributed by atoms with Gasteiger partial charge in [0.05, 0.1) is 0 Å². The van der Waals surface area contributed by atoms with Crippen LogP contribution in [0, 0.1) is 0 Å². The monoisotopic (exact) mass is 753 g/mol. The smallest absolute Gasteiger partial charge is 0.164 e. The summed E-state index contributed by atoms with van der Waals surface area (Å²) in [6, 6.07) is 66.4. The summed E-state index contributed by atoms with van der Waals surface area (Å²) < 4.78 is 0. The molecule has 0 amide bonds. The second-order valence-electron chi connectivity index (χ2n) is 14.7. The fourth-order valence-electron chi connectivity index (χ4n) is 8.37. The van der Waals surface area contributed by atoms with Crippen LogP contribution < -0.4 is 0 Å². The second-order valence-corrected chi connectivity index (χ2v) is 14.7. The molecule has 0 radical (unpaired) electrons. The molecule has 10 rings (SSSR count). The standard InChI is InChI=1S/C56H39N3/c1-3-38(39-18-6-4-7-19-39)31-30-37(2)54-57-55(42-34-32-41(33-35-42)40-20-8-5-9-21-40)59-56(58-54)50-29-17-14-26-47(50)51-36-52-45-24-11-10-22-43(45)44-23-12-15-27-48(44)53(52)49-28-16-13-25-46(49)51/h3-36H,2H2,1H3/b31-30-,38-3+. The molecule has 0 saturated heterocycles. The van der Waals surface area contributed by atoms with Gasteiger partial charge < -0.3 is 0 Å². The van der Waals surface area contributed by atoms with Crippen LogP contribution >= 0.6 is 0 Å². The van der Waals surface area contributed by atoms with Crippen LogP contribution in [0.25, 0.3) is 99.3 Å². The van der Waals surface area contributed by atoms with E-state index in [-0.39, 0.29) is 0 Å². The highest BCUT2D eigenvalue weighted by Gasteiger charge is 2.20. The van der Waals surface area contributed by atoms with Gasteiger partial charge in [-0.2, -0.15) is 0 Å². The zero-order valence-corrected chi connectivity index (χ0v) is 32.7. The molecule has 0 aliphatic rings. The van der Waals surface area contributed by atoms with Gasteiger partial charge in [-0.3, -0.25) is 0 Å². The van der Waals surface area contributed by atoms with E-state index in [4.69, 9.17) is 15.0 Å². The summed E-state index contributed by atoms with van der Waals surface area (Å²) in [5, 5.41) is 9.85. The van der Waals surface area contributed by atoms with Crippen molar-refractivity contribution in [3.05, 3.63) is 224 Å². The minimum atomic E-state index is 0.521. The van der Waals surface area contributed by atoms with E-state index in [9.17, 15) is 0 Å². The van der Waals surface area contributed by atoms with Crippen LogP contribution in [0.1, 0.15) is 18.3 Å². The Morgan fingerprint density at radius 3 is 1.58 bits per heavy atom. The van der Waals surface area contributed by atoms with Gasteiger partial charge in [-0.05, 0) is 89.5 Å². The van der Waals surface area contributed by atoms with Crippen LogP contribution in [0.2, 0.25) is 0 Å². The molecule has 0 fully saturated rings. The van der Waals surface area contributed by atoms with Gasteiger partial charge in [0.2, 0.25) is 0 Å².